The molecule has 0 aliphatic heterocycles. The summed E-state index contributed by atoms with van der Waals surface area (Å²) in [5.41, 5.74) is -0.0822. The van der Waals surface area contributed by atoms with Gasteiger partial charge in [-0.25, -0.2) is 9.59 Å². The summed E-state index contributed by atoms with van der Waals surface area (Å²) >= 11 is 0. The molecule has 0 saturated heterocycles. The van der Waals surface area contributed by atoms with Crippen molar-refractivity contribution in [3.05, 3.63) is 11.6 Å². The Morgan fingerprint density at radius 2 is 1.85 bits per heavy atom. The van der Waals surface area contributed by atoms with Crippen LogP contribution < -0.4 is 0 Å². The van der Waals surface area contributed by atoms with Gasteiger partial charge >= 0.3 is 11.9 Å². The third kappa shape index (κ3) is 5.86. The molecule has 74 valence electrons. The van der Waals surface area contributed by atoms with Crippen molar-refractivity contribution in [3.8, 4) is 0 Å². The topological polar surface area (TPSA) is 77.8 Å². The predicted molar refractivity (Wildman–Crippen MR) is 46.5 cm³/mol. The maximum atomic E-state index is 10.5. The fourth-order valence-corrected chi connectivity index (χ4v) is 0.734. The maximum Gasteiger partial charge on any atom is 0.331 e. The van der Waals surface area contributed by atoms with Gasteiger partial charge in [0, 0.05) is 18.2 Å². The minimum absolute atomic E-state index is 0.0822. The van der Waals surface area contributed by atoms with Crippen LogP contribution in [0, 0.1) is 0 Å². The van der Waals surface area contributed by atoms with Crippen molar-refractivity contribution in [2.45, 2.75) is 6.42 Å². The molecular formula is C8H13NO4. The molecule has 0 aliphatic carbocycles. The fraction of sp³-hybridized carbons (Fsp3) is 0.500. The normalized spacial score (nSPS) is 11.8. The number of carboxylic acid groups (broad SMARTS) is 2. The van der Waals surface area contributed by atoms with Gasteiger partial charge in [0.1, 0.15) is 0 Å². The zero-order valence-electron chi connectivity index (χ0n) is 7.65. The van der Waals surface area contributed by atoms with Gasteiger partial charge in [0.15, 0.2) is 0 Å². The molecule has 0 aromatic heterocycles. The molecule has 0 unspecified atom stereocenters. The van der Waals surface area contributed by atoms with Crippen LogP contribution in [0.3, 0.4) is 0 Å². The third-order valence-corrected chi connectivity index (χ3v) is 1.40. The molecule has 0 heterocycles. The zero-order chi connectivity index (χ0) is 10.4. The van der Waals surface area contributed by atoms with Gasteiger partial charge in [-0.2, -0.15) is 0 Å². The third-order valence-electron chi connectivity index (χ3n) is 1.40. The lowest BCUT2D eigenvalue weighted by molar-refractivity contribution is -0.135. The van der Waals surface area contributed by atoms with Crippen molar-refractivity contribution in [2.24, 2.45) is 0 Å². The summed E-state index contributed by atoms with van der Waals surface area (Å²) in [5, 5.41) is 16.9. The molecule has 0 amide bonds. The Labute approximate surface area is 76.3 Å². The molecule has 0 saturated carbocycles. The van der Waals surface area contributed by atoms with Crippen LogP contribution >= 0.6 is 0 Å². The second kappa shape index (κ2) is 5.31. The summed E-state index contributed by atoms with van der Waals surface area (Å²) < 4.78 is 0. The van der Waals surface area contributed by atoms with E-state index in [0.29, 0.717) is 6.54 Å². The number of carboxylic acids is 2. The van der Waals surface area contributed by atoms with E-state index >= 15 is 0 Å². The van der Waals surface area contributed by atoms with Gasteiger partial charge in [-0.15, -0.1) is 0 Å². The lowest BCUT2D eigenvalue weighted by Gasteiger charge is -2.08. The summed E-state index contributed by atoms with van der Waals surface area (Å²) in [6.45, 7) is 0.519. The monoisotopic (exact) mass is 187 g/mol. The van der Waals surface area contributed by atoms with Crippen LogP contribution in [-0.2, 0) is 9.59 Å². The molecule has 0 fully saturated rings. The van der Waals surface area contributed by atoms with E-state index in [-0.39, 0.29) is 12.0 Å². The summed E-state index contributed by atoms with van der Waals surface area (Å²) in [7, 11) is 3.58. The number of hydrogen-bond acceptors (Lipinski definition) is 3. The van der Waals surface area contributed by atoms with Crippen LogP contribution in [0.4, 0.5) is 0 Å². The van der Waals surface area contributed by atoms with E-state index in [9.17, 15) is 9.59 Å². The molecule has 13 heavy (non-hydrogen) atoms. The van der Waals surface area contributed by atoms with E-state index in [4.69, 9.17) is 10.2 Å². The first-order chi connectivity index (χ1) is 5.93. The first-order valence-corrected chi connectivity index (χ1v) is 3.75. The standard InChI is InChI=1S/C8H13NO4/c1-9(2)4-3-6(8(12)13)5-7(10)11/h5H,3-4H2,1-2H3,(H,10,11)(H,12,13). The Kier molecular flexibility index (Phi) is 4.76. The Bertz CT molecular complexity index is 232. The predicted octanol–water partition coefficient (Wildman–Crippen LogP) is 0.0337. The zero-order valence-corrected chi connectivity index (χ0v) is 7.65. The summed E-state index contributed by atoms with van der Waals surface area (Å²) in [4.78, 5) is 22.5. The molecule has 0 bridgehead atoms. The van der Waals surface area contributed by atoms with E-state index in [2.05, 4.69) is 0 Å². The Morgan fingerprint density at radius 3 is 2.15 bits per heavy atom. The molecule has 0 aromatic carbocycles. The highest BCUT2D eigenvalue weighted by Gasteiger charge is 2.09. The fourth-order valence-electron chi connectivity index (χ4n) is 0.734. The number of carbonyl (C=O) groups is 2. The number of hydrogen-bond donors (Lipinski definition) is 2. The summed E-state index contributed by atoms with van der Waals surface area (Å²) in [6, 6.07) is 0. The van der Waals surface area contributed by atoms with E-state index in [1.807, 2.05) is 0 Å². The molecule has 0 aliphatic rings. The molecular weight excluding hydrogens is 174 g/mol. The summed E-state index contributed by atoms with van der Waals surface area (Å²) in [6.07, 6.45) is 0.959. The van der Waals surface area contributed by atoms with Crippen molar-refractivity contribution < 1.29 is 19.8 Å². The van der Waals surface area contributed by atoms with E-state index in [1.54, 1.807) is 19.0 Å². The van der Waals surface area contributed by atoms with Gasteiger partial charge in [-0.05, 0) is 20.5 Å². The molecule has 5 heteroatoms. The van der Waals surface area contributed by atoms with Crippen molar-refractivity contribution in [1.82, 2.24) is 4.90 Å². The van der Waals surface area contributed by atoms with Crippen molar-refractivity contribution in [2.75, 3.05) is 20.6 Å². The van der Waals surface area contributed by atoms with Crippen LogP contribution in [0.15, 0.2) is 11.6 Å². The lowest BCUT2D eigenvalue weighted by atomic mass is 10.2. The van der Waals surface area contributed by atoms with Gasteiger partial charge in [0.2, 0.25) is 0 Å². The van der Waals surface area contributed by atoms with Gasteiger partial charge in [0.05, 0.1) is 0 Å². The van der Waals surface area contributed by atoms with Crippen LogP contribution in [0.1, 0.15) is 6.42 Å². The molecule has 5 nitrogen and oxygen atoms in total. The number of nitrogens with zero attached hydrogens (tertiary/aromatic N) is 1. The highest BCUT2D eigenvalue weighted by molar-refractivity contribution is 5.94. The van der Waals surface area contributed by atoms with Crippen LogP contribution in [0.5, 0.6) is 0 Å². The van der Waals surface area contributed by atoms with Crippen LogP contribution in [0.25, 0.3) is 0 Å². The smallest absolute Gasteiger partial charge is 0.331 e. The highest BCUT2D eigenvalue weighted by Crippen LogP contribution is 2.01. The number of rotatable bonds is 5. The SMILES string of the molecule is CN(C)CCC(=CC(=O)O)C(=O)O. The Hall–Kier alpha value is -1.36. The van der Waals surface area contributed by atoms with Gasteiger partial charge in [-0.1, -0.05) is 0 Å². The first-order valence-electron chi connectivity index (χ1n) is 3.75. The quantitative estimate of drug-likeness (QED) is 0.594. The highest BCUT2D eigenvalue weighted by atomic mass is 16.4. The average molecular weight is 187 g/mol. The van der Waals surface area contributed by atoms with Crippen LogP contribution in [-0.4, -0.2) is 47.7 Å². The molecule has 2 N–H and O–H groups in total. The lowest BCUT2D eigenvalue weighted by Crippen LogP contribution is -2.16. The maximum absolute atomic E-state index is 10.5. The minimum Gasteiger partial charge on any atom is -0.478 e. The molecule has 0 spiro atoms. The van der Waals surface area contributed by atoms with Gasteiger partial charge in [0.25, 0.3) is 0 Å². The first kappa shape index (κ1) is 11.6. The van der Waals surface area contributed by atoms with E-state index in [1.165, 1.54) is 0 Å². The second-order valence-electron chi connectivity index (χ2n) is 2.87. The van der Waals surface area contributed by atoms with Gasteiger partial charge < -0.3 is 15.1 Å². The molecule has 0 rings (SSSR count). The average Bonchev–Trinajstić information content (AvgIpc) is 1.96. The van der Waals surface area contributed by atoms with Crippen LogP contribution in [0.2, 0.25) is 0 Å². The largest absolute Gasteiger partial charge is 0.478 e. The van der Waals surface area contributed by atoms with Crippen molar-refractivity contribution in [3.63, 3.8) is 0 Å². The Balaban J connectivity index is 4.28. The number of aliphatic carboxylic acids is 2. The van der Waals surface area contributed by atoms with Crippen molar-refractivity contribution in [1.29, 1.82) is 0 Å². The minimum atomic E-state index is -1.23. The summed E-state index contributed by atoms with van der Waals surface area (Å²) in [5.74, 6) is -2.40. The van der Waals surface area contributed by atoms with E-state index < -0.39 is 11.9 Å². The Morgan fingerprint density at radius 1 is 1.31 bits per heavy atom. The molecule has 0 radical (unpaired) electrons. The molecule has 0 aromatic rings. The van der Waals surface area contributed by atoms with Gasteiger partial charge in [-0.3, -0.25) is 0 Å². The second-order valence-corrected chi connectivity index (χ2v) is 2.87. The van der Waals surface area contributed by atoms with E-state index in [0.717, 1.165) is 6.08 Å². The molecule has 0 atom stereocenters. The van der Waals surface area contributed by atoms with Crippen molar-refractivity contribution >= 4 is 11.9 Å².